The number of hydrogen-bond acceptors (Lipinski definition) is 3. The smallest absolute Gasteiger partial charge is 0.244 e. The first-order valence-corrected chi connectivity index (χ1v) is 5.65. The van der Waals surface area contributed by atoms with E-state index in [9.17, 15) is 9.59 Å². The number of carbonyl (C=O) groups excluding carboxylic acids is 2. The van der Waals surface area contributed by atoms with E-state index in [1.807, 2.05) is 6.92 Å². The molecule has 0 atom stereocenters. The van der Waals surface area contributed by atoms with Crippen molar-refractivity contribution in [3.8, 4) is 0 Å². The highest BCUT2D eigenvalue weighted by molar-refractivity contribution is 5.98. The highest BCUT2D eigenvalue weighted by atomic mass is 16.5. The van der Waals surface area contributed by atoms with Crippen molar-refractivity contribution in [1.29, 1.82) is 0 Å². The Hall–Kier alpha value is -1.16. The number of hydrogen-bond donors (Lipinski definition) is 1. The van der Waals surface area contributed by atoms with Gasteiger partial charge in [0, 0.05) is 25.1 Å². The van der Waals surface area contributed by atoms with E-state index in [2.05, 4.69) is 5.32 Å². The minimum Gasteiger partial charge on any atom is -0.380 e. The highest BCUT2D eigenvalue weighted by Crippen LogP contribution is 1.94. The monoisotopic (exact) mass is 227 g/mol. The lowest BCUT2D eigenvalue weighted by Gasteiger charge is -2.03. The van der Waals surface area contributed by atoms with Crippen molar-refractivity contribution in [1.82, 2.24) is 5.32 Å². The van der Waals surface area contributed by atoms with Crippen molar-refractivity contribution in [2.45, 2.75) is 27.2 Å². The van der Waals surface area contributed by atoms with Crippen molar-refractivity contribution in [3.63, 3.8) is 0 Å². The Balaban J connectivity index is 3.62. The molecule has 0 aromatic heterocycles. The van der Waals surface area contributed by atoms with Crippen LogP contribution in [0.4, 0.5) is 0 Å². The second kappa shape index (κ2) is 9.09. The van der Waals surface area contributed by atoms with Gasteiger partial charge in [-0.15, -0.1) is 0 Å². The topological polar surface area (TPSA) is 55.4 Å². The van der Waals surface area contributed by atoms with Gasteiger partial charge in [-0.1, -0.05) is 20.8 Å². The van der Waals surface area contributed by atoms with Gasteiger partial charge in [0.15, 0.2) is 5.78 Å². The second-order valence-corrected chi connectivity index (χ2v) is 3.79. The minimum absolute atomic E-state index is 0.0441. The Labute approximate surface area is 97.1 Å². The van der Waals surface area contributed by atoms with E-state index in [4.69, 9.17) is 4.74 Å². The van der Waals surface area contributed by atoms with E-state index in [-0.39, 0.29) is 17.6 Å². The molecule has 0 aliphatic carbocycles. The van der Waals surface area contributed by atoms with Gasteiger partial charge < -0.3 is 10.1 Å². The molecule has 0 unspecified atom stereocenters. The molecule has 16 heavy (non-hydrogen) atoms. The molecule has 0 rings (SSSR count). The van der Waals surface area contributed by atoms with Gasteiger partial charge in [0.2, 0.25) is 5.91 Å². The van der Waals surface area contributed by atoms with Crippen LogP contribution in [0.2, 0.25) is 0 Å². The summed E-state index contributed by atoms with van der Waals surface area (Å²) < 4.78 is 5.19. The number of rotatable bonds is 8. The number of amides is 1. The lowest BCUT2D eigenvalue weighted by molar-refractivity contribution is -0.119. The quantitative estimate of drug-likeness (QED) is 0.502. The van der Waals surface area contributed by atoms with E-state index in [1.165, 1.54) is 12.2 Å². The molecule has 92 valence electrons. The Morgan fingerprint density at radius 2 is 1.94 bits per heavy atom. The van der Waals surface area contributed by atoms with Crippen LogP contribution in [0.15, 0.2) is 12.2 Å². The zero-order valence-corrected chi connectivity index (χ0v) is 10.3. The lowest BCUT2D eigenvalue weighted by Crippen LogP contribution is -2.25. The van der Waals surface area contributed by atoms with Gasteiger partial charge in [-0.25, -0.2) is 0 Å². The van der Waals surface area contributed by atoms with Gasteiger partial charge in [-0.3, -0.25) is 9.59 Å². The summed E-state index contributed by atoms with van der Waals surface area (Å²) in [5.74, 6) is -0.372. The Morgan fingerprint density at radius 3 is 2.50 bits per heavy atom. The number of allylic oxidation sites excluding steroid dienone is 1. The largest absolute Gasteiger partial charge is 0.380 e. The Kier molecular flexibility index (Phi) is 8.43. The Bertz CT molecular complexity index is 247. The third-order valence-corrected chi connectivity index (χ3v) is 1.86. The third-order valence-electron chi connectivity index (χ3n) is 1.86. The molecule has 4 heteroatoms. The number of carbonyl (C=O) groups is 2. The van der Waals surface area contributed by atoms with Crippen molar-refractivity contribution < 1.29 is 14.3 Å². The fraction of sp³-hybridized carbons (Fsp3) is 0.667. The van der Waals surface area contributed by atoms with Crippen LogP contribution in [0.3, 0.4) is 0 Å². The summed E-state index contributed by atoms with van der Waals surface area (Å²) in [6.45, 7) is 7.30. The highest BCUT2D eigenvalue weighted by Gasteiger charge is 2.02. The minimum atomic E-state index is -0.255. The first-order valence-electron chi connectivity index (χ1n) is 5.65. The second-order valence-electron chi connectivity index (χ2n) is 3.79. The van der Waals surface area contributed by atoms with Gasteiger partial charge in [-0.05, 0) is 12.5 Å². The van der Waals surface area contributed by atoms with E-state index < -0.39 is 0 Å². The van der Waals surface area contributed by atoms with Crippen LogP contribution >= 0.6 is 0 Å². The summed E-state index contributed by atoms with van der Waals surface area (Å²) in [4.78, 5) is 22.4. The van der Waals surface area contributed by atoms with Crippen LogP contribution < -0.4 is 5.32 Å². The van der Waals surface area contributed by atoms with Crippen molar-refractivity contribution in [3.05, 3.63) is 12.2 Å². The standard InChI is InChI=1S/C12H21NO3/c1-4-8-16-9-7-13-12(15)6-5-11(14)10(2)3/h5-6,10H,4,7-9H2,1-3H3,(H,13,15)/b6-5-. The molecule has 0 fully saturated rings. The molecule has 0 aromatic carbocycles. The summed E-state index contributed by atoms with van der Waals surface area (Å²) in [5, 5.41) is 2.63. The van der Waals surface area contributed by atoms with Crippen molar-refractivity contribution in [2.75, 3.05) is 19.8 Å². The maximum Gasteiger partial charge on any atom is 0.244 e. The predicted octanol–water partition coefficient (Wildman–Crippen LogP) is 1.31. The van der Waals surface area contributed by atoms with Crippen LogP contribution in [0.5, 0.6) is 0 Å². The average molecular weight is 227 g/mol. The van der Waals surface area contributed by atoms with E-state index >= 15 is 0 Å². The molecule has 1 N–H and O–H groups in total. The molecular formula is C12H21NO3. The predicted molar refractivity (Wildman–Crippen MR) is 63.1 cm³/mol. The normalized spacial score (nSPS) is 11.0. The van der Waals surface area contributed by atoms with Crippen LogP contribution in [-0.4, -0.2) is 31.4 Å². The molecule has 0 heterocycles. The molecule has 0 spiro atoms. The van der Waals surface area contributed by atoms with Crippen LogP contribution in [-0.2, 0) is 14.3 Å². The van der Waals surface area contributed by atoms with Gasteiger partial charge in [0.1, 0.15) is 0 Å². The summed E-state index contributed by atoms with van der Waals surface area (Å²) >= 11 is 0. The zero-order chi connectivity index (χ0) is 12.4. The Morgan fingerprint density at radius 1 is 1.25 bits per heavy atom. The van der Waals surface area contributed by atoms with E-state index in [0.717, 1.165) is 6.42 Å². The first-order chi connectivity index (χ1) is 7.57. The maximum atomic E-state index is 11.2. The number of ether oxygens (including phenoxy) is 1. The van der Waals surface area contributed by atoms with Gasteiger partial charge in [0.05, 0.1) is 6.61 Å². The molecule has 0 saturated heterocycles. The SMILES string of the molecule is CCCOCCNC(=O)/C=C\C(=O)C(C)C. The van der Waals surface area contributed by atoms with Gasteiger partial charge in [-0.2, -0.15) is 0 Å². The molecule has 0 bridgehead atoms. The van der Waals surface area contributed by atoms with Crippen LogP contribution in [0.25, 0.3) is 0 Å². The summed E-state index contributed by atoms with van der Waals surface area (Å²) in [6.07, 6.45) is 3.55. The number of ketones is 1. The van der Waals surface area contributed by atoms with Gasteiger partial charge in [0.25, 0.3) is 0 Å². The molecule has 0 aromatic rings. The molecular weight excluding hydrogens is 206 g/mol. The summed E-state index contributed by atoms with van der Waals surface area (Å²) in [5.41, 5.74) is 0. The molecule has 4 nitrogen and oxygen atoms in total. The fourth-order valence-electron chi connectivity index (χ4n) is 0.902. The summed E-state index contributed by atoms with van der Waals surface area (Å²) in [7, 11) is 0. The molecule has 0 aliphatic heterocycles. The molecule has 0 saturated carbocycles. The first kappa shape index (κ1) is 14.8. The average Bonchev–Trinajstić information content (AvgIpc) is 2.25. The fourth-order valence-corrected chi connectivity index (χ4v) is 0.902. The third kappa shape index (κ3) is 8.17. The van der Waals surface area contributed by atoms with Crippen LogP contribution in [0, 0.1) is 5.92 Å². The van der Waals surface area contributed by atoms with E-state index in [0.29, 0.717) is 19.8 Å². The lowest BCUT2D eigenvalue weighted by atomic mass is 10.1. The molecule has 0 aliphatic rings. The number of nitrogens with one attached hydrogen (secondary N) is 1. The zero-order valence-electron chi connectivity index (χ0n) is 10.3. The molecule has 1 amide bonds. The van der Waals surface area contributed by atoms with E-state index in [1.54, 1.807) is 13.8 Å². The van der Waals surface area contributed by atoms with Crippen molar-refractivity contribution in [2.24, 2.45) is 5.92 Å². The maximum absolute atomic E-state index is 11.2. The van der Waals surface area contributed by atoms with Crippen LogP contribution in [0.1, 0.15) is 27.2 Å². The van der Waals surface area contributed by atoms with Crippen molar-refractivity contribution >= 4 is 11.7 Å². The van der Waals surface area contributed by atoms with Gasteiger partial charge >= 0.3 is 0 Å². The summed E-state index contributed by atoms with van der Waals surface area (Å²) in [6, 6.07) is 0. The molecule has 0 radical (unpaired) electrons.